The van der Waals surface area contributed by atoms with E-state index < -0.39 is 0 Å². The first-order valence-corrected chi connectivity index (χ1v) is 7.73. The van der Waals surface area contributed by atoms with Gasteiger partial charge in [0.2, 0.25) is 0 Å². The highest BCUT2D eigenvalue weighted by atomic mass is 32.1. The van der Waals surface area contributed by atoms with Crippen molar-refractivity contribution in [3.05, 3.63) is 40.4 Å². The molecule has 2 N–H and O–H groups in total. The van der Waals surface area contributed by atoms with Gasteiger partial charge in [-0.25, -0.2) is 4.98 Å². The Kier molecular flexibility index (Phi) is 3.79. The van der Waals surface area contributed by atoms with Gasteiger partial charge in [0, 0.05) is 25.4 Å². The Hall–Kier alpha value is -2.08. The number of carbonyl (C=O) groups is 1. The number of nitrogens with one attached hydrogen (secondary N) is 2. The molecule has 0 aliphatic carbocycles. The summed E-state index contributed by atoms with van der Waals surface area (Å²) in [5, 5.41) is 8.30. The highest BCUT2D eigenvalue weighted by Gasteiger charge is 2.19. The molecule has 1 amide bonds. The number of fused-ring (bicyclic) bond motifs is 1. The van der Waals surface area contributed by atoms with Crippen molar-refractivity contribution >= 4 is 22.4 Å². The molecule has 110 valence electrons. The lowest BCUT2D eigenvalue weighted by Gasteiger charge is -2.06. The zero-order valence-electron chi connectivity index (χ0n) is 12.0. The van der Waals surface area contributed by atoms with Crippen LogP contribution in [0.2, 0.25) is 0 Å². The molecule has 5 nitrogen and oxygen atoms in total. The lowest BCUT2D eigenvalue weighted by atomic mass is 10.1. The number of thiazole rings is 1. The lowest BCUT2D eigenvalue weighted by molar-refractivity contribution is 0.0946. The molecule has 21 heavy (non-hydrogen) atoms. The van der Waals surface area contributed by atoms with Crippen molar-refractivity contribution in [2.75, 3.05) is 12.4 Å². The Morgan fingerprint density at radius 3 is 3.14 bits per heavy atom. The van der Waals surface area contributed by atoms with Gasteiger partial charge in [0.1, 0.15) is 17.5 Å². The Labute approximate surface area is 127 Å². The molecule has 2 aromatic rings. The molecular formula is C15H17N3O2S. The Morgan fingerprint density at radius 1 is 1.52 bits per heavy atom. The maximum absolute atomic E-state index is 12.0. The first-order chi connectivity index (χ1) is 10.2. The number of hydrogen-bond donors (Lipinski definition) is 2. The fourth-order valence-electron chi connectivity index (χ4n) is 2.35. The summed E-state index contributed by atoms with van der Waals surface area (Å²) < 4.78 is 5.67. The predicted octanol–water partition coefficient (Wildman–Crippen LogP) is 2.44. The van der Waals surface area contributed by atoms with E-state index in [2.05, 4.69) is 28.6 Å². The number of carbonyl (C=O) groups excluding carboxylic acids is 1. The second-order valence-corrected chi connectivity index (χ2v) is 5.90. The van der Waals surface area contributed by atoms with Gasteiger partial charge in [0.15, 0.2) is 5.13 Å². The molecule has 0 bridgehead atoms. The average Bonchev–Trinajstić information content (AvgIpc) is 3.09. The van der Waals surface area contributed by atoms with Crippen LogP contribution in [0.1, 0.15) is 28.5 Å². The second kappa shape index (κ2) is 5.73. The van der Waals surface area contributed by atoms with E-state index in [-0.39, 0.29) is 12.0 Å². The molecule has 1 aromatic carbocycles. The molecule has 1 aromatic heterocycles. The number of hydrogen-bond acceptors (Lipinski definition) is 5. The Balaban J connectivity index is 1.63. The minimum absolute atomic E-state index is 0.155. The summed E-state index contributed by atoms with van der Waals surface area (Å²) in [6.07, 6.45) is 1.16. The number of anilines is 1. The van der Waals surface area contributed by atoms with Crippen LogP contribution in [0.15, 0.2) is 23.6 Å². The van der Waals surface area contributed by atoms with Crippen LogP contribution >= 0.6 is 11.3 Å². The number of benzene rings is 1. The number of ether oxygens (including phenoxy) is 1. The summed E-state index contributed by atoms with van der Waals surface area (Å²) in [5.41, 5.74) is 2.73. The topological polar surface area (TPSA) is 63.2 Å². The van der Waals surface area contributed by atoms with Gasteiger partial charge in [-0.15, -0.1) is 11.3 Å². The zero-order valence-corrected chi connectivity index (χ0v) is 12.8. The van der Waals surface area contributed by atoms with Gasteiger partial charge in [-0.1, -0.05) is 12.1 Å². The molecule has 0 saturated carbocycles. The van der Waals surface area contributed by atoms with Gasteiger partial charge in [0.25, 0.3) is 5.91 Å². The number of rotatable bonds is 4. The molecule has 6 heteroatoms. The van der Waals surface area contributed by atoms with Crippen LogP contribution in [-0.2, 0) is 13.0 Å². The molecule has 0 spiro atoms. The van der Waals surface area contributed by atoms with E-state index in [0.717, 1.165) is 22.9 Å². The smallest absolute Gasteiger partial charge is 0.271 e. The van der Waals surface area contributed by atoms with Gasteiger partial charge >= 0.3 is 0 Å². The van der Waals surface area contributed by atoms with Crippen molar-refractivity contribution in [3.63, 3.8) is 0 Å². The average molecular weight is 303 g/mol. The predicted molar refractivity (Wildman–Crippen MR) is 83.1 cm³/mol. The van der Waals surface area contributed by atoms with Crippen molar-refractivity contribution in [2.24, 2.45) is 0 Å². The molecule has 0 fully saturated rings. The quantitative estimate of drug-likeness (QED) is 0.910. The molecule has 0 saturated heterocycles. The standard InChI is InChI=1S/C15H17N3O2S/c1-9-5-11-6-10(3-4-13(11)20-9)7-17-14(19)12-8-21-15(16-2)18-12/h3-4,6,8-9H,5,7H2,1-2H3,(H,16,18)(H,17,19). The summed E-state index contributed by atoms with van der Waals surface area (Å²) in [5.74, 6) is 0.800. The van der Waals surface area contributed by atoms with Crippen LogP contribution in [-0.4, -0.2) is 24.0 Å². The third-order valence-corrected chi connectivity index (χ3v) is 4.22. The maximum Gasteiger partial charge on any atom is 0.271 e. The van der Waals surface area contributed by atoms with E-state index >= 15 is 0 Å². The lowest BCUT2D eigenvalue weighted by Crippen LogP contribution is -2.23. The van der Waals surface area contributed by atoms with Crippen LogP contribution in [0.3, 0.4) is 0 Å². The van der Waals surface area contributed by atoms with Crippen molar-refractivity contribution < 1.29 is 9.53 Å². The molecule has 2 heterocycles. The molecule has 0 radical (unpaired) electrons. The maximum atomic E-state index is 12.0. The fraction of sp³-hybridized carbons (Fsp3) is 0.333. The van der Waals surface area contributed by atoms with Crippen molar-refractivity contribution in [2.45, 2.75) is 26.0 Å². The van der Waals surface area contributed by atoms with Gasteiger partial charge in [-0.3, -0.25) is 4.79 Å². The number of nitrogens with zero attached hydrogens (tertiary/aromatic N) is 1. The van der Waals surface area contributed by atoms with E-state index in [1.807, 2.05) is 12.1 Å². The Bertz CT molecular complexity index is 669. The highest BCUT2D eigenvalue weighted by molar-refractivity contribution is 7.13. The number of aromatic nitrogens is 1. The minimum Gasteiger partial charge on any atom is -0.490 e. The van der Waals surface area contributed by atoms with Crippen LogP contribution in [0.25, 0.3) is 0 Å². The molecule has 1 aliphatic heterocycles. The van der Waals surface area contributed by atoms with Crippen molar-refractivity contribution in [1.29, 1.82) is 0 Å². The molecule has 1 unspecified atom stereocenters. The monoisotopic (exact) mass is 303 g/mol. The first-order valence-electron chi connectivity index (χ1n) is 6.85. The normalized spacial score (nSPS) is 16.2. The van der Waals surface area contributed by atoms with E-state index in [1.165, 1.54) is 16.9 Å². The van der Waals surface area contributed by atoms with E-state index in [0.29, 0.717) is 12.2 Å². The highest BCUT2D eigenvalue weighted by Crippen LogP contribution is 2.29. The molecule has 1 atom stereocenters. The summed E-state index contributed by atoms with van der Waals surface area (Å²) in [4.78, 5) is 16.2. The second-order valence-electron chi connectivity index (χ2n) is 5.05. The Morgan fingerprint density at radius 2 is 2.38 bits per heavy atom. The largest absolute Gasteiger partial charge is 0.490 e. The van der Waals surface area contributed by atoms with Crippen molar-refractivity contribution in [3.8, 4) is 5.75 Å². The van der Waals surface area contributed by atoms with Gasteiger partial charge in [-0.05, 0) is 24.1 Å². The third kappa shape index (κ3) is 3.00. The van der Waals surface area contributed by atoms with Crippen LogP contribution in [0.4, 0.5) is 5.13 Å². The van der Waals surface area contributed by atoms with E-state index in [9.17, 15) is 4.79 Å². The molecular weight excluding hydrogens is 286 g/mol. The number of amides is 1. The first kappa shape index (κ1) is 13.9. The van der Waals surface area contributed by atoms with Crippen LogP contribution in [0.5, 0.6) is 5.75 Å². The van der Waals surface area contributed by atoms with Crippen LogP contribution < -0.4 is 15.4 Å². The van der Waals surface area contributed by atoms with E-state index in [1.54, 1.807) is 12.4 Å². The van der Waals surface area contributed by atoms with Crippen molar-refractivity contribution in [1.82, 2.24) is 10.3 Å². The van der Waals surface area contributed by atoms with Gasteiger partial charge in [-0.2, -0.15) is 0 Å². The van der Waals surface area contributed by atoms with Gasteiger partial charge in [0.05, 0.1) is 0 Å². The summed E-state index contributed by atoms with van der Waals surface area (Å²) in [7, 11) is 1.79. The third-order valence-electron chi connectivity index (χ3n) is 3.36. The van der Waals surface area contributed by atoms with E-state index in [4.69, 9.17) is 4.74 Å². The van der Waals surface area contributed by atoms with Crippen LogP contribution in [0, 0.1) is 0 Å². The zero-order chi connectivity index (χ0) is 14.8. The summed E-state index contributed by atoms with van der Waals surface area (Å²) >= 11 is 1.42. The molecule has 1 aliphatic rings. The fourth-order valence-corrected chi connectivity index (χ4v) is 3.00. The summed E-state index contributed by atoms with van der Waals surface area (Å²) in [6, 6.07) is 6.05. The minimum atomic E-state index is -0.155. The molecule has 3 rings (SSSR count). The SMILES string of the molecule is CNc1nc(C(=O)NCc2ccc3c(c2)CC(C)O3)cs1. The van der Waals surface area contributed by atoms with Gasteiger partial charge < -0.3 is 15.4 Å². The summed E-state index contributed by atoms with van der Waals surface area (Å²) in [6.45, 7) is 2.55.